The first-order chi connectivity index (χ1) is 10.3. The molecule has 1 aliphatic rings. The van der Waals surface area contributed by atoms with E-state index in [2.05, 4.69) is 79.8 Å². The lowest BCUT2D eigenvalue weighted by molar-refractivity contribution is 0.943. The lowest BCUT2D eigenvalue weighted by Crippen LogP contribution is -1.83. The summed E-state index contributed by atoms with van der Waals surface area (Å²) in [5.74, 6) is 0.497. The highest BCUT2D eigenvalue weighted by Gasteiger charge is 2.11. The molecule has 0 fully saturated rings. The molecule has 0 N–H and O–H groups in total. The second-order valence-corrected chi connectivity index (χ2v) is 6.59. The van der Waals surface area contributed by atoms with Crippen LogP contribution in [0.25, 0.3) is 25.7 Å². The van der Waals surface area contributed by atoms with E-state index >= 15 is 0 Å². The van der Waals surface area contributed by atoms with Crippen molar-refractivity contribution >= 4 is 37.1 Å². The largest absolute Gasteiger partial charge is 0.135 e. The Morgan fingerprint density at radius 3 is 2.71 bits per heavy atom. The molecule has 3 aromatic rings. The fraction of sp³-hybridized carbons (Fsp3) is 0.100. The maximum absolute atomic E-state index is 2.27. The Bertz CT molecular complexity index is 906. The first-order valence-corrected chi connectivity index (χ1v) is 8.12. The molecule has 0 saturated heterocycles. The summed E-state index contributed by atoms with van der Waals surface area (Å²) < 4.78 is 2.73. The van der Waals surface area contributed by atoms with Crippen LogP contribution in [0.1, 0.15) is 12.5 Å². The van der Waals surface area contributed by atoms with Gasteiger partial charge in [0, 0.05) is 20.2 Å². The van der Waals surface area contributed by atoms with E-state index in [0.29, 0.717) is 5.92 Å². The summed E-state index contributed by atoms with van der Waals surface area (Å²) in [5.41, 5.74) is 2.63. The van der Waals surface area contributed by atoms with Crippen LogP contribution in [0.3, 0.4) is 0 Å². The van der Waals surface area contributed by atoms with Crippen molar-refractivity contribution in [2.45, 2.75) is 6.92 Å². The Morgan fingerprint density at radius 1 is 0.905 bits per heavy atom. The predicted molar refractivity (Wildman–Crippen MR) is 94.8 cm³/mol. The van der Waals surface area contributed by atoms with Crippen LogP contribution in [0.2, 0.25) is 0 Å². The summed E-state index contributed by atoms with van der Waals surface area (Å²) in [6, 6.07) is 15.3. The molecule has 2 aromatic carbocycles. The van der Waals surface area contributed by atoms with Crippen molar-refractivity contribution in [3.05, 3.63) is 78.4 Å². The van der Waals surface area contributed by atoms with Crippen LogP contribution in [0.5, 0.6) is 0 Å². The third-order valence-corrected chi connectivity index (χ3v) is 5.12. The summed E-state index contributed by atoms with van der Waals surface area (Å²) in [5, 5.41) is 2.75. The zero-order chi connectivity index (χ0) is 14.2. The van der Waals surface area contributed by atoms with Crippen LogP contribution >= 0.6 is 11.3 Å². The molecule has 0 nitrogen and oxygen atoms in total. The van der Waals surface area contributed by atoms with E-state index in [9.17, 15) is 0 Å². The van der Waals surface area contributed by atoms with Crippen molar-refractivity contribution < 1.29 is 0 Å². The minimum absolute atomic E-state index is 0.497. The molecule has 0 aliphatic heterocycles. The van der Waals surface area contributed by atoms with Crippen LogP contribution in [0.15, 0.2) is 72.8 Å². The zero-order valence-corrected chi connectivity index (χ0v) is 12.7. The van der Waals surface area contributed by atoms with Gasteiger partial charge in [0.2, 0.25) is 0 Å². The number of hydrogen-bond acceptors (Lipinski definition) is 1. The average Bonchev–Trinajstić information content (AvgIpc) is 2.75. The molecule has 1 aromatic heterocycles. The third-order valence-electron chi connectivity index (χ3n) is 3.98. The van der Waals surface area contributed by atoms with Gasteiger partial charge in [-0.15, -0.1) is 11.3 Å². The van der Waals surface area contributed by atoms with Gasteiger partial charge in [0.1, 0.15) is 0 Å². The van der Waals surface area contributed by atoms with Crippen molar-refractivity contribution in [2.24, 2.45) is 5.92 Å². The predicted octanol–water partition coefficient (Wildman–Crippen LogP) is 6.20. The molecule has 1 heteroatoms. The molecule has 21 heavy (non-hydrogen) atoms. The summed E-state index contributed by atoms with van der Waals surface area (Å²) in [7, 11) is 0. The monoisotopic (exact) mass is 288 g/mol. The second-order valence-electron chi connectivity index (χ2n) is 5.50. The van der Waals surface area contributed by atoms with Gasteiger partial charge in [-0.2, -0.15) is 0 Å². The van der Waals surface area contributed by atoms with Gasteiger partial charge in [-0.05, 0) is 29.2 Å². The molecule has 0 spiro atoms. The molecule has 0 radical (unpaired) electrons. The molecule has 0 bridgehead atoms. The number of fused-ring (bicyclic) bond motifs is 3. The molecule has 1 aliphatic carbocycles. The Balaban J connectivity index is 2.03. The van der Waals surface area contributed by atoms with Gasteiger partial charge in [0.15, 0.2) is 0 Å². The highest BCUT2D eigenvalue weighted by Crippen LogP contribution is 2.38. The van der Waals surface area contributed by atoms with Crippen LogP contribution in [-0.4, -0.2) is 0 Å². The van der Waals surface area contributed by atoms with Gasteiger partial charge in [0.25, 0.3) is 0 Å². The van der Waals surface area contributed by atoms with Crippen molar-refractivity contribution in [1.82, 2.24) is 0 Å². The average molecular weight is 288 g/mol. The molecule has 0 unspecified atom stereocenters. The van der Waals surface area contributed by atoms with E-state index < -0.39 is 0 Å². The molecule has 0 amide bonds. The first-order valence-electron chi connectivity index (χ1n) is 7.30. The van der Waals surface area contributed by atoms with E-state index in [1.54, 1.807) is 0 Å². The van der Waals surface area contributed by atoms with Crippen LogP contribution in [-0.2, 0) is 0 Å². The van der Waals surface area contributed by atoms with Gasteiger partial charge < -0.3 is 0 Å². The number of thiophene rings is 1. The van der Waals surface area contributed by atoms with Gasteiger partial charge in [0.05, 0.1) is 0 Å². The topological polar surface area (TPSA) is 0 Å². The number of allylic oxidation sites excluding steroid dienone is 6. The first kappa shape index (κ1) is 12.6. The van der Waals surface area contributed by atoms with Crippen molar-refractivity contribution in [3.8, 4) is 0 Å². The lowest BCUT2D eigenvalue weighted by Gasteiger charge is -2.05. The quantitative estimate of drug-likeness (QED) is 0.500. The van der Waals surface area contributed by atoms with Gasteiger partial charge in [-0.3, -0.25) is 0 Å². The molecule has 1 heterocycles. The lowest BCUT2D eigenvalue weighted by atomic mass is 9.99. The number of rotatable bonds is 1. The Kier molecular flexibility index (Phi) is 3.01. The maximum Gasteiger partial charge on any atom is 0.0361 e. The fourth-order valence-electron chi connectivity index (χ4n) is 2.90. The maximum atomic E-state index is 2.27. The Morgan fingerprint density at radius 2 is 1.76 bits per heavy atom. The number of hydrogen-bond donors (Lipinski definition) is 0. The molecule has 4 rings (SSSR count). The highest BCUT2D eigenvalue weighted by molar-refractivity contribution is 7.25. The standard InChI is InChI=1S/C20H16S/c1-14-6-4-7-15(13-12-14)16-9-5-11-19-20(16)17-8-2-3-10-18(17)21-19/h2-14H,1H3/t14-/m1/s1. The van der Waals surface area contributed by atoms with Crippen molar-refractivity contribution in [3.63, 3.8) is 0 Å². The molecular weight excluding hydrogens is 272 g/mol. The number of benzene rings is 2. The fourth-order valence-corrected chi connectivity index (χ4v) is 4.04. The SMILES string of the molecule is C[C@@H]1C=CC=C(c2cccc3sc4ccccc4c23)C=C1. The third kappa shape index (κ3) is 2.14. The summed E-state index contributed by atoms with van der Waals surface area (Å²) in [6.07, 6.45) is 11.2. The van der Waals surface area contributed by atoms with E-state index in [0.717, 1.165) is 0 Å². The summed E-state index contributed by atoms with van der Waals surface area (Å²) in [6.45, 7) is 2.21. The minimum atomic E-state index is 0.497. The zero-order valence-electron chi connectivity index (χ0n) is 11.9. The van der Waals surface area contributed by atoms with Crippen LogP contribution in [0.4, 0.5) is 0 Å². The highest BCUT2D eigenvalue weighted by atomic mass is 32.1. The summed E-state index contributed by atoms with van der Waals surface area (Å²) in [4.78, 5) is 0. The van der Waals surface area contributed by atoms with Crippen LogP contribution in [0, 0.1) is 5.92 Å². The smallest absolute Gasteiger partial charge is 0.0361 e. The van der Waals surface area contributed by atoms with E-state index in [1.807, 2.05) is 11.3 Å². The Hall–Kier alpha value is -2.12. The van der Waals surface area contributed by atoms with Gasteiger partial charge in [-0.1, -0.05) is 67.6 Å². The normalized spacial score (nSPS) is 18.1. The molecule has 1 atom stereocenters. The second kappa shape index (κ2) is 5.01. The molecule has 102 valence electrons. The summed E-state index contributed by atoms with van der Waals surface area (Å²) >= 11 is 1.88. The van der Waals surface area contributed by atoms with Crippen LogP contribution < -0.4 is 0 Å². The molecule has 0 saturated carbocycles. The van der Waals surface area contributed by atoms with Gasteiger partial charge >= 0.3 is 0 Å². The minimum Gasteiger partial charge on any atom is -0.135 e. The van der Waals surface area contributed by atoms with Crippen molar-refractivity contribution in [1.29, 1.82) is 0 Å². The Labute approximate surface area is 128 Å². The van der Waals surface area contributed by atoms with Crippen molar-refractivity contribution in [2.75, 3.05) is 0 Å². The van der Waals surface area contributed by atoms with Gasteiger partial charge in [-0.25, -0.2) is 0 Å². The van der Waals surface area contributed by atoms with E-state index in [-0.39, 0.29) is 0 Å². The molecular formula is C20H16S. The van der Waals surface area contributed by atoms with E-state index in [1.165, 1.54) is 31.3 Å². The van der Waals surface area contributed by atoms with E-state index in [4.69, 9.17) is 0 Å².